The van der Waals surface area contributed by atoms with E-state index >= 15 is 0 Å². The van der Waals surface area contributed by atoms with Crippen LogP contribution in [0, 0.1) is 12.1 Å². The molecule has 2 aromatic carbocycles. The van der Waals surface area contributed by atoms with Gasteiger partial charge in [0, 0.05) is 28.4 Å². The van der Waals surface area contributed by atoms with Gasteiger partial charge in [0.15, 0.2) is 0 Å². The summed E-state index contributed by atoms with van der Waals surface area (Å²) in [6.45, 7) is 0.536. The molecule has 102 valence electrons. The highest BCUT2D eigenvalue weighted by atomic mass is 32.2. The molecule has 1 N–H and O–H groups in total. The van der Waals surface area contributed by atoms with Gasteiger partial charge in [-0.25, -0.2) is 0 Å². The third kappa shape index (κ3) is 2.42. The molecule has 0 fully saturated rings. The second-order valence-electron chi connectivity index (χ2n) is 4.68. The molecule has 20 heavy (non-hydrogen) atoms. The lowest BCUT2D eigenvalue weighted by Crippen LogP contribution is -2.07. The van der Waals surface area contributed by atoms with E-state index in [4.69, 9.17) is 4.55 Å². The highest BCUT2D eigenvalue weighted by Crippen LogP contribution is 2.28. The van der Waals surface area contributed by atoms with E-state index in [9.17, 15) is 8.42 Å². The van der Waals surface area contributed by atoms with Gasteiger partial charge in [0.2, 0.25) is 0 Å². The molecule has 0 bridgehead atoms. The van der Waals surface area contributed by atoms with Crippen LogP contribution >= 0.6 is 0 Å². The van der Waals surface area contributed by atoms with E-state index in [1.54, 1.807) is 0 Å². The number of hydrogen-bond acceptors (Lipinski definition) is 2. The van der Waals surface area contributed by atoms with Gasteiger partial charge in [-0.1, -0.05) is 12.1 Å². The van der Waals surface area contributed by atoms with Crippen molar-refractivity contribution in [3.05, 3.63) is 48.5 Å². The average Bonchev–Trinajstić information content (AvgIpc) is 2.73. The molecule has 2 radical (unpaired) electrons. The zero-order chi connectivity index (χ0) is 14.2. The minimum absolute atomic E-state index is 0.230. The number of benzene rings is 2. The van der Waals surface area contributed by atoms with Crippen LogP contribution in [0.4, 0.5) is 0 Å². The van der Waals surface area contributed by atoms with Crippen molar-refractivity contribution in [3.8, 4) is 0 Å². The van der Waals surface area contributed by atoms with Gasteiger partial charge in [0.05, 0.1) is 5.75 Å². The first-order chi connectivity index (χ1) is 9.56. The quantitative estimate of drug-likeness (QED) is 0.750. The van der Waals surface area contributed by atoms with Gasteiger partial charge in [0.25, 0.3) is 10.1 Å². The molecule has 0 saturated carbocycles. The summed E-state index contributed by atoms with van der Waals surface area (Å²) in [7, 11) is -3.91. The second kappa shape index (κ2) is 4.92. The third-order valence-electron chi connectivity index (χ3n) is 3.34. The summed E-state index contributed by atoms with van der Waals surface area (Å²) in [5.41, 5.74) is 2.07. The molecule has 1 heterocycles. The Morgan fingerprint density at radius 1 is 1.05 bits per heavy atom. The lowest BCUT2D eigenvalue weighted by Gasteiger charge is -2.06. The summed E-state index contributed by atoms with van der Waals surface area (Å²) in [6.07, 6.45) is 0.370. The van der Waals surface area contributed by atoms with Crippen LogP contribution in [-0.4, -0.2) is 23.3 Å². The van der Waals surface area contributed by atoms with E-state index in [2.05, 4.69) is 16.7 Å². The van der Waals surface area contributed by atoms with E-state index in [0.717, 1.165) is 21.8 Å². The van der Waals surface area contributed by atoms with Gasteiger partial charge in [-0.2, -0.15) is 8.42 Å². The number of fused-ring (bicyclic) bond motifs is 3. The first-order valence-corrected chi connectivity index (χ1v) is 7.90. The van der Waals surface area contributed by atoms with Crippen molar-refractivity contribution in [1.82, 2.24) is 4.57 Å². The van der Waals surface area contributed by atoms with Gasteiger partial charge >= 0.3 is 0 Å². The monoisotopic (exact) mass is 287 g/mol. The average molecular weight is 287 g/mol. The maximum Gasteiger partial charge on any atom is 0.264 e. The summed E-state index contributed by atoms with van der Waals surface area (Å²) in [6, 6.07) is 17.6. The van der Waals surface area contributed by atoms with Crippen LogP contribution in [0.2, 0.25) is 0 Å². The smallest absolute Gasteiger partial charge is 0.264 e. The fourth-order valence-electron chi connectivity index (χ4n) is 2.52. The molecule has 0 aliphatic heterocycles. The number of hydrogen-bond donors (Lipinski definition) is 1. The predicted molar refractivity (Wildman–Crippen MR) is 78.1 cm³/mol. The third-order valence-corrected chi connectivity index (χ3v) is 4.14. The van der Waals surface area contributed by atoms with Gasteiger partial charge in [-0.05, 0) is 42.8 Å². The fourth-order valence-corrected chi connectivity index (χ4v) is 3.02. The van der Waals surface area contributed by atoms with Gasteiger partial charge < -0.3 is 4.57 Å². The van der Waals surface area contributed by atoms with Crippen molar-refractivity contribution in [2.45, 2.75) is 13.0 Å². The zero-order valence-corrected chi connectivity index (χ0v) is 11.5. The van der Waals surface area contributed by atoms with E-state index in [0.29, 0.717) is 13.0 Å². The van der Waals surface area contributed by atoms with Crippen LogP contribution in [0.3, 0.4) is 0 Å². The van der Waals surface area contributed by atoms with E-state index in [-0.39, 0.29) is 5.75 Å². The van der Waals surface area contributed by atoms with Crippen LogP contribution in [0.15, 0.2) is 36.4 Å². The molecule has 4 nitrogen and oxygen atoms in total. The van der Waals surface area contributed by atoms with Gasteiger partial charge in [-0.3, -0.25) is 4.55 Å². The van der Waals surface area contributed by atoms with E-state index in [1.807, 2.05) is 36.4 Å². The van der Waals surface area contributed by atoms with Crippen molar-refractivity contribution in [3.63, 3.8) is 0 Å². The van der Waals surface area contributed by atoms with Crippen molar-refractivity contribution in [2.75, 3.05) is 5.75 Å². The Balaban J connectivity index is 2.07. The Morgan fingerprint density at radius 2 is 1.60 bits per heavy atom. The SMILES string of the molecule is O=S(=O)(O)CCCn1c2cc[c]cc2c2c[c]ccc21. The standard InChI is InChI=1S/C15H13NO3S/c17-20(18,19)11-5-10-16-14-8-3-1-6-12(14)13-7-2-4-9-15(13)16/h3-4,6-9H,5,10-11H2,(H,17,18,19). The number of nitrogens with zero attached hydrogens (tertiary/aromatic N) is 1. The van der Waals surface area contributed by atoms with Crippen LogP contribution in [0.5, 0.6) is 0 Å². The minimum atomic E-state index is -3.91. The predicted octanol–water partition coefficient (Wildman–Crippen LogP) is 2.67. The van der Waals surface area contributed by atoms with E-state index in [1.165, 1.54) is 0 Å². The summed E-state index contributed by atoms with van der Waals surface area (Å²) in [5.74, 6) is -0.230. The highest BCUT2D eigenvalue weighted by molar-refractivity contribution is 7.85. The van der Waals surface area contributed by atoms with Crippen molar-refractivity contribution in [1.29, 1.82) is 0 Å². The molecule has 5 heteroatoms. The summed E-state index contributed by atoms with van der Waals surface area (Å²) < 4.78 is 32.5. The van der Waals surface area contributed by atoms with Crippen molar-refractivity contribution < 1.29 is 13.0 Å². The second-order valence-corrected chi connectivity index (χ2v) is 6.25. The molecule has 0 amide bonds. The molecule has 0 aliphatic rings. The topological polar surface area (TPSA) is 59.3 Å². The summed E-state index contributed by atoms with van der Waals surface area (Å²) >= 11 is 0. The molecule has 0 aliphatic carbocycles. The molecule has 0 atom stereocenters. The first kappa shape index (κ1) is 13.1. The van der Waals surface area contributed by atoms with Crippen LogP contribution in [-0.2, 0) is 16.7 Å². The molecule has 0 unspecified atom stereocenters. The maximum absolute atomic E-state index is 10.8. The van der Waals surface area contributed by atoms with Crippen LogP contribution < -0.4 is 0 Å². The fraction of sp³-hybridized carbons (Fsp3) is 0.200. The number of aryl methyl sites for hydroxylation is 1. The van der Waals surface area contributed by atoms with Gasteiger partial charge in [0.1, 0.15) is 0 Å². The maximum atomic E-state index is 10.8. The lowest BCUT2D eigenvalue weighted by molar-refractivity contribution is 0.479. The Morgan fingerprint density at radius 3 is 2.10 bits per heavy atom. The normalized spacial score (nSPS) is 12.2. The van der Waals surface area contributed by atoms with E-state index < -0.39 is 10.1 Å². The largest absolute Gasteiger partial charge is 0.340 e. The van der Waals surface area contributed by atoms with Crippen LogP contribution in [0.1, 0.15) is 6.42 Å². The molecular formula is C15H13NO3S. The Hall–Kier alpha value is -1.85. The molecular weight excluding hydrogens is 274 g/mol. The molecule has 0 saturated heterocycles. The Kier molecular flexibility index (Phi) is 3.23. The molecule has 0 spiro atoms. The van der Waals surface area contributed by atoms with Crippen molar-refractivity contribution in [2.24, 2.45) is 0 Å². The van der Waals surface area contributed by atoms with Crippen LogP contribution in [0.25, 0.3) is 21.8 Å². The lowest BCUT2D eigenvalue weighted by atomic mass is 10.2. The summed E-state index contributed by atoms with van der Waals surface area (Å²) in [5, 5.41) is 2.15. The first-order valence-electron chi connectivity index (χ1n) is 6.29. The Bertz CT molecular complexity index is 812. The summed E-state index contributed by atoms with van der Waals surface area (Å²) in [4.78, 5) is 0. The molecule has 3 aromatic rings. The molecule has 1 aromatic heterocycles. The van der Waals surface area contributed by atoms with Crippen molar-refractivity contribution >= 4 is 31.9 Å². The Labute approximate surface area is 117 Å². The number of aromatic nitrogens is 1. The highest BCUT2D eigenvalue weighted by Gasteiger charge is 2.10. The zero-order valence-electron chi connectivity index (χ0n) is 10.7. The molecule has 3 rings (SSSR count). The van der Waals surface area contributed by atoms with Gasteiger partial charge in [-0.15, -0.1) is 0 Å². The number of rotatable bonds is 4. The minimum Gasteiger partial charge on any atom is -0.340 e.